The average Bonchev–Trinajstić information content (AvgIpc) is 2.48. The van der Waals surface area contributed by atoms with Crippen LogP contribution in [0.25, 0.3) is 0 Å². The minimum absolute atomic E-state index is 0.0616. The first-order valence-electron chi connectivity index (χ1n) is 6.08. The number of carbonyl (C=O) groups is 1. The molecule has 0 saturated heterocycles. The molecule has 0 spiro atoms. The van der Waals surface area contributed by atoms with Crippen molar-refractivity contribution < 1.29 is 9.72 Å². The molecule has 0 bridgehead atoms. The molecular weight excluding hydrogens is 347 g/mol. The molecule has 0 aliphatic carbocycles. The van der Waals surface area contributed by atoms with Gasteiger partial charge in [0.1, 0.15) is 5.69 Å². The fourth-order valence-electron chi connectivity index (χ4n) is 1.66. The molecule has 5 nitrogen and oxygen atoms in total. The predicted molar refractivity (Wildman–Crippen MR) is 88.9 cm³/mol. The summed E-state index contributed by atoms with van der Waals surface area (Å²) in [6, 6.07) is 10.9. The topological polar surface area (TPSA) is 72.2 Å². The molecule has 0 heterocycles. The van der Waals surface area contributed by atoms with Gasteiger partial charge in [-0.05, 0) is 24.3 Å². The zero-order valence-corrected chi connectivity index (χ0v) is 13.4. The second kappa shape index (κ2) is 7.49. The quantitative estimate of drug-likeness (QED) is 0.481. The van der Waals surface area contributed by atoms with Crippen molar-refractivity contribution in [3.63, 3.8) is 0 Å². The number of carbonyl (C=O) groups excluding carboxylic acids is 1. The van der Waals surface area contributed by atoms with Crippen LogP contribution in [0.15, 0.2) is 47.4 Å². The largest absolute Gasteiger partial charge is 0.320 e. The van der Waals surface area contributed by atoms with Crippen LogP contribution in [0.4, 0.5) is 11.4 Å². The summed E-state index contributed by atoms with van der Waals surface area (Å²) in [4.78, 5) is 22.9. The lowest BCUT2D eigenvalue weighted by molar-refractivity contribution is -0.383. The standard InChI is InChI=1S/C14H10Cl2N2O3S/c15-9-5-6-10(16)13(7-9)22-8-14(19)17-11-3-1-2-4-12(11)18(20)21/h1-7H,8H2,(H,17,19). The first-order chi connectivity index (χ1) is 10.5. The number of benzene rings is 2. The Balaban J connectivity index is 2.02. The van der Waals surface area contributed by atoms with E-state index in [1.54, 1.807) is 24.3 Å². The average molecular weight is 357 g/mol. The van der Waals surface area contributed by atoms with Crippen LogP contribution < -0.4 is 5.32 Å². The van der Waals surface area contributed by atoms with Gasteiger partial charge in [-0.25, -0.2) is 0 Å². The number of nitro benzene ring substituents is 1. The maximum atomic E-state index is 11.9. The molecule has 1 N–H and O–H groups in total. The van der Waals surface area contributed by atoms with Gasteiger partial charge >= 0.3 is 0 Å². The number of para-hydroxylation sites is 2. The van der Waals surface area contributed by atoms with Crippen LogP contribution in [-0.4, -0.2) is 16.6 Å². The van der Waals surface area contributed by atoms with E-state index in [4.69, 9.17) is 23.2 Å². The lowest BCUT2D eigenvalue weighted by atomic mass is 10.2. The molecule has 0 radical (unpaired) electrons. The Hall–Kier alpha value is -1.76. The summed E-state index contributed by atoms with van der Waals surface area (Å²) in [5.74, 6) is -0.304. The molecule has 0 unspecified atom stereocenters. The van der Waals surface area contributed by atoms with Crippen LogP contribution in [0.2, 0.25) is 10.0 Å². The van der Waals surface area contributed by atoms with Gasteiger partial charge in [0.25, 0.3) is 5.69 Å². The van der Waals surface area contributed by atoms with E-state index in [0.717, 1.165) is 0 Å². The van der Waals surface area contributed by atoms with Gasteiger partial charge in [-0.2, -0.15) is 0 Å². The summed E-state index contributed by atoms with van der Waals surface area (Å²) in [5.41, 5.74) is 0.0110. The van der Waals surface area contributed by atoms with E-state index < -0.39 is 4.92 Å². The summed E-state index contributed by atoms with van der Waals surface area (Å²) in [7, 11) is 0. The van der Waals surface area contributed by atoms with Crippen molar-refractivity contribution in [3.05, 3.63) is 62.6 Å². The molecule has 0 aromatic heterocycles. The minimum atomic E-state index is -0.545. The van der Waals surface area contributed by atoms with Gasteiger partial charge in [0.05, 0.1) is 15.7 Å². The van der Waals surface area contributed by atoms with Crippen molar-refractivity contribution in [3.8, 4) is 0 Å². The van der Waals surface area contributed by atoms with Crippen molar-refractivity contribution >= 4 is 52.2 Å². The Morgan fingerprint density at radius 3 is 2.68 bits per heavy atom. The zero-order valence-electron chi connectivity index (χ0n) is 11.1. The number of amides is 1. The molecule has 114 valence electrons. The molecule has 0 aliphatic heterocycles. The molecule has 0 fully saturated rings. The normalized spacial score (nSPS) is 10.3. The summed E-state index contributed by atoms with van der Waals surface area (Å²) in [6.07, 6.45) is 0. The molecule has 2 aromatic rings. The third-order valence-corrected chi connectivity index (χ3v) is 4.36. The number of hydrogen-bond donors (Lipinski definition) is 1. The monoisotopic (exact) mass is 356 g/mol. The van der Waals surface area contributed by atoms with Gasteiger partial charge in [0.2, 0.25) is 5.91 Å². The third-order valence-electron chi connectivity index (χ3n) is 2.63. The molecule has 8 heteroatoms. The molecule has 0 atom stereocenters. The highest BCUT2D eigenvalue weighted by Crippen LogP contribution is 2.30. The molecule has 22 heavy (non-hydrogen) atoms. The molecule has 0 aliphatic rings. The lowest BCUT2D eigenvalue weighted by Gasteiger charge is -2.07. The lowest BCUT2D eigenvalue weighted by Crippen LogP contribution is -2.15. The second-order valence-electron chi connectivity index (χ2n) is 4.19. The number of hydrogen-bond acceptors (Lipinski definition) is 4. The van der Waals surface area contributed by atoms with Gasteiger partial charge in [-0.15, -0.1) is 11.8 Å². The summed E-state index contributed by atoms with van der Waals surface area (Å²) in [5, 5.41) is 14.4. The van der Waals surface area contributed by atoms with Gasteiger partial charge in [-0.3, -0.25) is 14.9 Å². The number of nitro groups is 1. The van der Waals surface area contributed by atoms with Crippen LogP contribution in [0, 0.1) is 10.1 Å². The van der Waals surface area contributed by atoms with E-state index in [9.17, 15) is 14.9 Å². The maximum absolute atomic E-state index is 11.9. The number of nitrogens with one attached hydrogen (secondary N) is 1. The van der Waals surface area contributed by atoms with Crippen molar-refractivity contribution in [2.24, 2.45) is 0 Å². The first kappa shape index (κ1) is 16.6. The number of anilines is 1. The van der Waals surface area contributed by atoms with Crippen LogP contribution in [0.1, 0.15) is 0 Å². The fraction of sp³-hybridized carbons (Fsp3) is 0.0714. The molecule has 1 amide bonds. The highest BCUT2D eigenvalue weighted by molar-refractivity contribution is 8.00. The number of rotatable bonds is 5. The van der Waals surface area contributed by atoms with Gasteiger partial charge < -0.3 is 5.32 Å². The zero-order chi connectivity index (χ0) is 16.1. The highest BCUT2D eigenvalue weighted by atomic mass is 35.5. The summed E-state index contributed by atoms with van der Waals surface area (Å²) in [6.45, 7) is 0. The van der Waals surface area contributed by atoms with E-state index in [-0.39, 0.29) is 23.0 Å². The van der Waals surface area contributed by atoms with E-state index in [2.05, 4.69) is 5.32 Å². The Morgan fingerprint density at radius 1 is 1.23 bits per heavy atom. The van der Waals surface area contributed by atoms with E-state index in [1.807, 2.05) is 0 Å². The summed E-state index contributed by atoms with van der Waals surface area (Å²) >= 11 is 13.1. The SMILES string of the molecule is O=C(CSc1cc(Cl)ccc1Cl)Nc1ccccc1[N+](=O)[O-]. The minimum Gasteiger partial charge on any atom is -0.320 e. The van der Waals surface area contributed by atoms with Gasteiger partial charge in [0, 0.05) is 16.0 Å². The number of thioether (sulfide) groups is 1. The fourth-order valence-corrected chi connectivity index (χ4v) is 2.95. The van der Waals surface area contributed by atoms with Gasteiger partial charge in [-0.1, -0.05) is 35.3 Å². The molecule has 0 saturated carbocycles. The Morgan fingerprint density at radius 2 is 1.95 bits per heavy atom. The number of halogens is 2. The molecular formula is C14H10Cl2N2O3S. The Labute approximate surface area is 140 Å². The molecule has 2 rings (SSSR count). The Bertz CT molecular complexity index is 725. The predicted octanol–water partition coefficient (Wildman–Crippen LogP) is 4.63. The van der Waals surface area contributed by atoms with Crippen LogP contribution in [0.3, 0.4) is 0 Å². The van der Waals surface area contributed by atoms with Crippen molar-refractivity contribution in [1.29, 1.82) is 0 Å². The van der Waals surface area contributed by atoms with Crippen LogP contribution >= 0.6 is 35.0 Å². The van der Waals surface area contributed by atoms with Gasteiger partial charge in [0.15, 0.2) is 0 Å². The Kier molecular flexibility index (Phi) is 5.65. The highest BCUT2D eigenvalue weighted by Gasteiger charge is 2.15. The van der Waals surface area contributed by atoms with Crippen molar-refractivity contribution in [2.75, 3.05) is 11.1 Å². The third kappa shape index (κ3) is 4.37. The summed E-state index contributed by atoms with van der Waals surface area (Å²) < 4.78 is 0. The van der Waals surface area contributed by atoms with Crippen molar-refractivity contribution in [2.45, 2.75) is 4.90 Å². The smallest absolute Gasteiger partial charge is 0.292 e. The maximum Gasteiger partial charge on any atom is 0.292 e. The van der Waals surface area contributed by atoms with Crippen LogP contribution in [-0.2, 0) is 4.79 Å². The number of nitrogens with zero attached hydrogens (tertiary/aromatic N) is 1. The second-order valence-corrected chi connectivity index (χ2v) is 6.05. The van der Waals surface area contributed by atoms with Crippen molar-refractivity contribution in [1.82, 2.24) is 0 Å². The molecule has 2 aromatic carbocycles. The first-order valence-corrected chi connectivity index (χ1v) is 7.82. The van der Waals surface area contributed by atoms with E-state index >= 15 is 0 Å². The van der Waals surface area contributed by atoms with E-state index in [1.165, 1.54) is 30.0 Å². The van der Waals surface area contributed by atoms with E-state index in [0.29, 0.717) is 14.9 Å². The van der Waals surface area contributed by atoms with Crippen LogP contribution in [0.5, 0.6) is 0 Å².